The highest BCUT2D eigenvalue weighted by Crippen LogP contribution is 2.43. The molecule has 0 saturated carbocycles. The number of phosphoric ester groups is 1. The maximum absolute atomic E-state index is 12.7. The zero-order valence-corrected chi connectivity index (χ0v) is 44.4. The number of phosphoric acid groups is 1. The molecule has 0 aromatic heterocycles. The van der Waals surface area contributed by atoms with Crippen molar-refractivity contribution in [1.82, 2.24) is 0 Å². The zero-order valence-electron chi connectivity index (χ0n) is 43.6. The van der Waals surface area contributed by atoms with Crippen LogP contribution >= 0.6 is 7.82 Å². The summed E-state index contributed by atoms with van der Waals surface area (Å²) in [4.78, 5) is 22.8. The summed E-state index contributed by atoms with van der Waals surface area (Å²) < 4.78 is 33.6. The van der Waals surface area contributed by atoms with Gasteiger partial charge in [0.15, 0.2) is 0 Å². The molecule has 10 heteroatoms. The lowest BCUT2D eigenvalue weighted by molar-refractivity contribution is -0.154. The number of hydrogen-bond acceptors (Lipinski definition) is 8. The molecular formula is C58H103O9P. The van der Waals surface area contributed by atoms with Crippen LogP contribution in [0.3, 0.4) is 0 Å². The third kappa shape index (κ3) is 53.0. The monoisotopic (exact) mass is 975 g/mol. The van der Waals surface area contributed by atoms with Gasteiger partial charge in [-0.15, -0.1) is 0 Å². The Labute approximate surface area is 417 Å². The Hall–Kier alpha value is -2.36. The van der Waals surface area contributed by atoms with Crippen molar-refractivity contribution in [1.29, 1.82) is 0 Å². The molecule has 68 heavy (non-hydrogen) atoms. The van der Waals surface area contributed by atoms with Crippen LogP contribution in [0.1, 0.15) is 232 Å². The summed E-state index contributed by atoms with van der Waals surface area (Å²) >= 11 is 0. The van der Waals surface area contributed by atoms with Crippen molar-refractivity contribution in [3.8, 4) is 0 Å². The van der Waals surface area contributed by atoms with Crippen LogP contribution < -0.4 is 0 Å². The first-order valence-electron chi connectivity index (χ1n) is 27.6. The van der Waals surface area contributed by atoms with E-state index in [1.54, 1.807) is 0 Å². The van der Waals surface area contributed by atoms with E-state index in [1.807, 2.05) is 0 Å². The molecule has 3 atom stereocenters. The van der Waals surface area contributed by atoms with Gasteiger partial charge in [0.2, 0.25) is 0 Å². The molecule has 0 bridgehead atoms. The van der Waals surface area contributed by atoms with E-state index < -0.39 is 39.2 Å². The predicted molar refractivity (Wildman–Crippen MR) is 288 cm³/mol. The van der Waals surface area contributed by atoms with E-state index in [0.29, 0.717) is 6.61 Å². The molecule has 394 valence electrons. The summed E-state index contributed by atoms with van der Waals surface area (Å²) in [5, 5.41) is 18.5. The minimum absolute atomic E-state index is 0.0400. The predicted octanol–water partition coefficient (Wildman–Crippen LogP) is 16.6. The van der Waals surface area contributed by atoms with Crippen LogP contribution in [0, 0.1) is 0 Å². The number of rotatable bonds is 52. The number of allylic oxidation sites excluding steroid dienone is 14. The Kier molecular flexibility index (Phi) is 52.1. The van der Waals surface area contributed by atoms with Crippen LogP contribution in [0.15, 0.2) is 85.1 Å². The second-order valence-corrected chi connectivity index (χ2v) is 19.7. The van der Waals surface area contributed by atoms with Crippen LogP contribution in [0.2, 0.25) is 0 Å². The van der Waals surface area contributed by atoms with Crippen LogP contribution in [-0.4, -0.2) is 66.3 Å². The summed E-state index contributed by atoms with van der Waals surface area (Å²) in [6.07, 6.45) is 68.4. The lowest BCUT2D eigenvalue weighted by Crippen LogP contribution is -2.29. The number of esters is 1. The maximum Gasteiger partial charge on any atom is 0.472 e. The van der Waals surface area contributed by atoms with Crippen molar-refractivity contribution in [3.05, 3.63) is 85.1 Å². The Morgan fingerprint density at radius 3 is 1.26 bits per heavy atom. The van der Waals surface area contributed by atoms with E-state index in [9.17, 15) is 19.4 Å². The van der Waals surface area contributed by atoms with Gasteiger partial charge in [-0.05, 0) is 89.9 Å². The molecule has 0 saturated heterocycles. The third-order valence-electron chi connectivity index (χ3n) is 11.6. The Morgan fingerprint density at radius 2 is 0.838 bits per heavy atom. The first-order valence-corrected chi connectivity index (χ1v) is 29.1. The van der Waals surface area contributed by atoms with Crippen LogP contribution in [0.25, 0.3) is 0 Å². The van der Waals surface area contributed by atoms with E-state index in [4.69, 9.17) is 23.6 Å². The van der Waals surface area contributed by atoms with Gasteiger partial charge in [0, 0.05) is 13.0 Å². The molecule has 3 unspecified atom stereocenters. The first kappa shape index (κ1) is 65.6. The quantitative estimate of drug-likeness (QED) is 0.0236. The summed E-state index contributed by atoms with van der Waals surface area (Å²) in [6, 6.07) is 0. The van der Waals surface area contributed by atoms with Crippen molar-refractivity contribution >= 4 is 13.8 Å². The zero-order chi connectivity index (χ0) is 49.5. The summed E-state index contributed by atoms with van der Waals surface area (Å²) in [7, 11) is -4.53. The molecule has 0 heterocycles. The molecule has 0 aliphatic carbocycles. The van der Waals surface area contributed by atoms with Crippen LogP contribution in [0.5, 0.6) is 0 Å². The summed E-state index contributed by atoms with van der Waals surface area (Å²) in [6.45, 7) is 3.39. The molecule has 0 aliphatic rings. The SMILES string of the molecule is CC/C=C\C/C=C\C/C=C\C/C=C\CCCCCCCCCCCCC(=O)OC(COCCCCCCCCCCC/C=C\C/C=C\C/C=C\CCCCCCC)COP(=O)(O)OCC(O)CO. The third-order valence-corrected chi connectivity index (χ3v) is 12.5. The average molecular weight is 975 g/mol. The normalized spacial score (nSPS) is 14.4. The van der Waals surface area contributed by atoms with Gasteiger partial charge < -0.3 is 24.6 Å². The molecule has 0 rings (SSSR count). The molecular weight excluding hydrogens is 872 g/mol. The number of aliphatic hydroxyl groups excluding tert-OH is 2. The minimum atomic E-state index is -4.53. The number of carbonyl (C=O) groups is 1. The van der Waals surface area contributed by atoms with E-state index in [2.05, 4.69) is 98.9 Å². The van der Waals surface area contributed by atoms with Crippen molar-refractivity contribution < 1.29 is 43.0 Å². The fraction of sp³-hybridized carbons (Fsp3) is 0.741. The van der Waals surface area contributed by atoms with E-state index >= 15 is 0 Å². The van der Waals surface area contributed by atoms with Crippen molar-refractivity contribution in [2.24, 2.45) is 0 Å². The number of unbranched alkanes of at least 4 members (excludes halogenated alkanes) is 24. The second kappa shape index (κ2) is 54.0. The van der Waals surface area contributed by atoms with Gasteiger partial charge in [-0.1, -0.05) is 221 Å². The molecule has 0 aliphatic heterocycles. The highest BCUT2D eigenvalue weighted by molar-refractivity contribution is 7.47. The Balaban J connectivity index is 4.08. The van der Waals surface area contributed by atoms with E-state index in [-0.39, 0.29) is 19.6 Å². The maximum atomic E-state index is 12.7. The minimum Gasteiger partial charge on any atom is -0.457 e. The molecule has 0 amide bonds. The number of carbonyl (C=O) groups excluding carboxylic acids is 1. The fourth-order valence-electron chi connectivity index (χ4n) is 7.41. The Bertz CT molecular complexity index is 1340. The van der Waals surface area contributed by atoms with Gasteiger partial charge in [0.25, 0.3) is 0 Å². The van der Waals surface area contributed by atoms with Crippen molar-refractivity contribution in [3.63, 3.8) is 0 Å². The molecule has 0 aromatic rings. The molecule has 0 radical (unpaired) electrons. The first-order chi connectivity index (χ1) is 33.3. The van der Waals surface area contributed by atoms with Gasteiger partial charge in [-0.25, -0.2) is 4.57 Å². The topological polar surface area (TPSA) is 132 Å². The summed E-state index contributed by atoms with van der Waals surface area (Å²) in [5.74, 6) is -0.390. The van der Waals surface area contributed by atoms with Gasteiger partial charge in [0.05, 0.1) is 26.4 Å². The second-order valence-electron chi connectivity index (χ2n) is 18.2. The summed E-state index contributed by atoms with van der Waals surface area (Å²) in [5.41, 5.74) is 0. The molecule has 3 N–H and O–H groups in total. The van der Waals surface area contributed by atoms with Gasteiger partial charge in [-0.3, -0.25) is 13.8 Å². The number of aliphatic hydroxyl groups is 2. The van der Waals surface area contributed by atoms with Crippen LogP contribution in [-0.2, 0) is 27.9 Å². The average Bonchev–Trinajstić information content (AvgIpc) is 3.33. The molecule has 0 aromatic carbocycles. The van der Waals surface area contributed by atoms with Crippen LogP contribution in [0.4, 0.5) is 0 Å². The molecule has 0 spiro atoms. The number of hydrogen-bond donors (Lipinski definition) is 3. The van der Waals surface area contributed by atoms with E-state index in [1.165, 1.54) is 116 Å². The Morgan fingerprint density at radius 1 is 0.471 bits per heavy atom. The smallest absolute Gasteiger partial charge is 0.457 e. The fourth-order valence-corrected chi connectivity index (χ4v) is 8.20. The van der Waals surface area contributed by atoms with Gasteiger partial charge >= 0.3 is 13.8 Å². The lowest BCUT2D eigenvalue weighted by atomic mass is 10.0. The lowest BCUT2D eigenvalue weighted by Gasteiger charge is -2.20. The van der Waals surface area contributed by atoms with Crippen molar-refractivity contribution in [2.45, 2.75) is 244 Å². The van der Waals surface area contributed by atoms with E-state index in [0.717, 1.165) is 96.3 Å². The van der Waals surface area contributed by atoms with Gasteiger partial charge in [-0.2, -0.15) is 0 Å². The molecule has 9 nitrogen and oxygen atoms in total. The standard InChI is InChI=1S/C58H103O9P/c1-3-5-7-9-11-13-15-17-19-21-23-25-27-29-31-33-35-37-39-41-43-45-47-49-51-64-54-57(55-66-68(62,63)65-53-56(60)52-59)67-58(61)50-48-46-44-42-40-38-36-34-32-30-28-26-24-22-20-18-16-14-12-10-8-6-4-2/h6,8,12,14-15,17-18,20-21,23-24,26-27,29,56-57,59-60H,3-5,7,9-11,13,16,19,22,25,28,30-55H2,1-2H3,(H,62,63)/b8-6-,14-12-,17-15-,20-18-,23-21-,26-24-,29-27-. The molecule has 0 fully saturated rings. The highest BCUT2D eigenvalue weighted by Gasteiger charge is 2.26. The highest BCUT2D eigenvalue weighted by atomic mass is 31.2. The van der Waals surface area contributed by atoms with Crippen molar-refractivity contribution in [2.75, 3.05) is 33.0 Å². The van der Waals surface area contributed by atoms with Gasteiger partial charge in [0.1, 0.15) is 12.2 Å². The number of ether oxygens (including phenoxy) is 2. The largest absolute Gasteiger partial charge is 0.472 e.